The van der Waals surface area contributed by atoms with Gasteiger partial charge in [0.15, 0.2) is 0 Å². The first-order valence-corrected chi connectivity index (χ1v) is 5.49. The van der Waals surface area contributed by atoms with Crippen LogP contribution in [0.2, 0.25) is 0 Å². The molecule has 0 aliphatic heterocycles. The molecule has 0 atom stereocenters. The number of hydrogen-bond donors (Lipinski definition) is 0. The Labute approximate surface area is 76.3 Å². The van der Waals surface area contributed by atoms with Gasteiger partial charge in [0.25, 0.3) is 0 Å². The molecule has 3 nitrogen and oxygen atoms in total. The predicted octanol–water partition coefficient (Wildman–Crippen LogP) is 1.84. The quantitative estimate of drug-likeness (QED) is 0.433. The Bertz CT molecular complexity index is 225. The van der Waals surface area contributed by atoms with Crippen LogP contribution < -0.4 is 0 Å². The SMILES string of the molecule is CN(SC(F)(F)Cl)S(=O)(=O)Cl. The van der Waals surface area contributed by atoms with Gasteiger partial charge in [-0.15, -0.1) is 3.71 Å². The van der Waals surface area contributed by atoms with Gasteiger partial charge in [-0.1, -0.05) is 0 Å². The van der Waals surface area contributed by atoms with Crippen LogP contribution in [0.15, 0.2) is 0 Å². The minimum atomic E-state index is -4.13. The van der Waals surface area contributed by atoms with Crippen molar-refractivity contribution in [3.05, 3.63) is 0 Å². The molecule has 0 aliphatic carbocycles. The van der Waals surface area contributed by atoms with Gasteiger partial charge in [-0.3, -0.25) is 0 Å². The molecule has 0 aromatic rings. The third-order valence-corrected chi connectivity index (χ3v) is 3.50. The van der Waals surface area contributed by atoms with E-state index in [0.717, 1.165) is 7.05 Å². The minimum Gasteiger partial charge on any atom is -0.194 e. The van der Waals surface area contributed by atoms with Crippen molar-refractivity contribution in [1.29, 1.82) is 0 Å². The van der Waals surface area contributed by atoms with Crippen LogP contribution in [0.25, 0.3) is 0 Å². The molecular formula is C2H3Cl2F2NO2S2. The Kier molecular flexibility index (Phi) is 3.84. The van der Waals surface area contributed by atoms with Crippen LogP contribution in [0.5, 0.6) is 0 Å². The summed E-state index contributed by atoms with van der Waals surface area (Å²) in [4.78, 5) is 0. The fourth-order valence-corrected chi connectivity index (χ4v) is 1.81. The van der Waals surface area contributed by atoms with Crippen molar-refractivity contribution in [2.75, 3.05) is 7.05 Å². The second-order valence-electron chi connectivity index (χ2n) is 1.39. The number of alkyl halides is 3. The van der Waals surface area contributed by atoms with E-state index >= 15 is 0 Å². The molecule has 0 spiro atoms. The van der Waals surface area contributed by atoms with Gasteiger partial charge < -0.3 is 0 Å². The summed E-state index contributed by atoms with van der Waals surface area (Å²) >= 11 is 4.01. The molecular weight excluding hydrogens is 243 g/mol. The molecule has 0 heterocycles. The molecule has 0 bridgehead atoms. The van der Waals surface area contributed by atoms with Crippen LogP contribution in [0.3, 0.4) is 0 Å². The Morgan fingerprint density at radius 1 is 1.55 bits per heavy atom. The van der Waals surface area contributed by atoms with Crippen LogP contribution in [0, 0.1) is 0 Å². The van der Waals surface area contributed by atoms with Crippen LogP contribution in [0.4, 0.5) is 8.78 Å². The van der Waals surface area contributed by atoms with Crippen LogP contribution in [-0.4, -0.2) is 23.9 Å². The van der Waals surface area contributed by atoms with Gasteiger partial charge in [-0.2, -0.15) is 17.2 Å². The molecule has 0 amide bonds. The number of nitrogens with zero attached hydrogens (tertiary/aromatic N) is 1. The topological polar surface area (TPSA) is 37.4 Å². The lowest BCUT2D eigenvalue weighted by molar-refractivity contribution is 0.200. The average Bonchev–Trinajstić information content (AvgIpc) is 1.56. The van der Waals surface area contributed by atoms with E-state index in [1.165, 1.54) is 0 Å². The zero-order chi connectivity index (χ0) is 9.28. The number of rotatable bonds is 3. The van der Waals surface area contributed by atoms with Gasteiger partial charge in [0.2, 0.25) is 0 Å². The third-order valence-electron chi connectivity index (χ3n) is 0.539. The van der Waals surface area contributed by atoms with E-state index in [1.54, 1.807) is 0 Å². The molecule has 11 heavy (non-hydrogen) atoms. The van der Waals surface area contributed by atoms with E-state index in [0.29, 0.717) is 0 Å². The summed E-state index contributed by atoms with van der Waals surface area (Å²) < 4.78 is 40.8. The van der Waals surface area contributed by atoms with Crippen molar-refractivity contribution >= 4 is 43.5 Å². The molecule has 0 aromatic heterocycles. The van der Waals surface area contributed by atoms with Crippen LogP contribution in [-0.2, 0) is 9.24 Å². The van der Waals surface area contributed by atoms with Crippen LogP contribution in [0.1, 0.15) is 0 Å². The first kappa shape index (κ1) is 11.7. The molecule has 68 valence electrons. The van der Waals surface area contributed by atoms with Crippen molar-refractivity contribution in [3.63, 3.8) is 0 Å². The molecule has 0 saturated carbocycles. The van der Waals surface area contributed by atoms with Gasteiger partial charge in [-0.05, 0) is 11.6 Å². The monoisotopic (exact) mass is 245 g/mol. The number of hydrogen-bond acceptors (Lipinski definition) is 3. The lowest BCUT2D eigenvalue weighted by Crippen LogP contribution is -2.19. The highest BCUT2D eigenvalue weighted by molar-refractivity contribution is 8.20. The summed E-state index contributed by atoms with van der Waals surface area (Å²) in [6, 6.07) is 0. The van der Waals surface area contributed by atoms with E-state index < -0.39 is 25.9 Å². The van der Waals surface area contributed by atoms with Crippen molar-refractivity contribution in [1.82, 2.24) is 3.71 Å². The summed E-state index contributed by atoms with van der Waals surface area (Å²) in [6.07, 6.45) is 0. The Morgan fingerprint density at radius 2 is 1.91 bits per heavy atom. The van der Waals surface area contributed by atoms with E-state index in [1.807, 2.05) is 0 Å². The maximum Gasteiger partial charge on any atom is 0.385 e. The molecule has 0 N–H and O–H groups in total. The minimum absolute atomic E-state index is 0.168. The summed E-state index contributed by atoms with van der Waals surface area (Å²) in [6.45, 7) is 0. The molecule has 9 heteroatoms. The predicted molar refractivity (Wildman–Crippen MR) is 40.9 cm³/mol. The first-order chi connectivity index (χ1) is 4.63. The second-order valence-corrected chi connectivity index (χ2v) is 6.10. The highest BCUT2D eigenvalue weighted by atomic mass is 35.7. The summed E-state index contributed by atoms with van der Waals surface area (Å²) in [5.74, 6) is 0. The Balaban J connectivity index is 4.22. The van der Waals surface area contributed by atoms with E-state index in [9.17, 15) is 17.2 Å². The molecule has 0 unspecified atom stereocenters. The second kappa shape index (κ2) is 3.61. The van der Waals surface area contributed by atoms with E-state index in [2.05, 4.69) is 22.3 Å². The van der Waals surface area contributed by atoms with Crippen molar-refractivity contribution in [2.24, 2.45) is 0 Å². The third kappa shape index (κ3) is 5.92. The van der Waals surface area contributed by atoms with Crippen molar-refractivity contribution in [2.45, 2.75) is 4.71 Å². The standard InChI is InChI=1S/C2H3Cl2F2NO2S2/c1-7(11(4,8)9)10-2(3,5)6/h1H3. The molecule has 0 saturated heterocycles. The molecule has 0 rings (SSSR count). The van der Waals surface area contributed by atoms with E-state index in [4.69, 9.17) is 0 Å². The zero-order valence-electron chi connectivity index (χ0n) is 5.09. The molecule has 0 fully saturated rings. The summed E-state index contributed by atoms with van der Waals surface area (Å²) in [5.41, 5.74) is 0. The Morgan fingerprint density at radius 3 is 2.00 bits per heavy atom. The molecule has 0 radical (unpaired) electrons. The van der Waals surface area contributed by atoms with Crippen molar-refractivity contribution < 1.29 is 17.2 Å². The van der Waals surface area contributed by atoms with Crippen molar-refractivity contribution in [3.8, 4) is 0 Å². The van der Waals surface area contributed by atoms with E-state index in [-0.39, 0.29) is 3.71 Å². The largest absolute Gasteiger partial charge is 0.385 e. The number of halogens is 4. The maximum atomic E-state index is 11.9. The summed E-state index contributed by atoms with van der Waals surface area (Å²) in [5, 5.41) is 0. The average molecular weight is 246 g/mol. The highest BCUT2D eigenvalue weighted by Crippen LogP contribution is 2.36. The normalized spacial score (nSPS) is 14.0. The fourth-order valence-electron chi connectivity index (χ4n) is 0.190. The molecule has 0 aromatic carbocycles. The maximum absolute atomic E-state index is 11.9. The lowest BCUT2D eigenvalue weighted by Gasteiger charge is -2.13. The lowest BCUT2D eigenvalue weighted by atomic mass is 11.6. The summed E-state index contributed by atoms with van der Waals surface area (Å²) in [7, 11) is 1.41. The Hall–Kier alpha value is 0.700. The molecule has 0 aliphatic rings. The van der Waals surface area contributed by atoms with Gasteiger partial charge in [0.05, 0.1) is 0 Å². The van der Waals surface area contributed by atoms with Gasteiger partial charge >= 0.3 is 14.0 Å². The highest BCUT2D eigenvalue weighted by Gasteiger charge is 2.32. The zero-order valence-corrected chi connectivity index (χ0v) is 8.24. The van der Waals surface area contributed by atoms with Crippen LogP contribution >= 0.6 is 34.2 Å². The van der Waals surface area contributed by atoms with Gasteiger partial charge in [-0.25, -0.2) is 0 Å². The fraction of sp³-hybridized carbons (Fsp3) is 1.00. The smallest absolute Gasteiger partial charge is 0.194 e. The van der Waals surface area contributed by atoms with Gasteiger partial charge in [0, 0.05) is 29.7 Å². The van der Waals surface area contributed by atoms with Gasteiger partial charge in [0.1, 0.15) is 0 Å². The first-order valence-electron chi connectivity index (χ1n) is 2.07.